The second kappa shape index (κ2) is 5.70. The molecule has 0 aromatic heterocycles. The van der Waals surface area contributed by atoms with Gasteiger partial charge in [-0.05, 0) is 27.7 Å². The van der Waals surface area contributed by atoms with E-state index in [4.69, 9.17) is 5.11 Å². The van der Waals surface area contributed by atoms with E-state index < -0.39 is 5.97 Å². The topological polar surface area (TPSA) is 69.6 Å². The van der Waals surface area contributed by atoms with Crippen molar-refractivity contribution in [1.29, 1.82) is 0 Å². The van der Waals surface area contributed by atoms with Crippen LogP contribution in [0, 0.1) is 0 Å². The molecular weight excluding hydrogens is 196 g/mol. The lowest BCUT2D eigenvalue weighted by atomic mass is 10.1. The Kier molecular flexibility index (Phi) is 5.28. The van der Waals surface area contributed by atoms with Crippen molar-refractivity contribution < 1.29 is 14.7 Å². The molecule has 0 radical (unpaired) electrons. The molecule has 0 fully saturated rings. The van der Waals surface area contributed by atoms with Crippen LogP contribution in [0.4, 0.5) is 0 Å². The molecule has 0 rings (SSSR count). The Labute approximate surface area is 90.5 Å². The number of nitrogens with one attached hydrogen (secondary N) is 1. The zero-order valence-corrected chi connectivity index (χ0v) is 9.83. The summed E-state index contributed by atoms with van der Waals surface area (Å²) in [5, 5.41) is 11.4. The Hall–Kier alpha value is -1.10. The maximum atomic E-state index is 11.3. The van der Waals surface area contributed by atoms with Crippen molar-refractivity contribution in [3.63, 3.8) is 0 Å². The minimum absolute atomic E-state index is 0.115. The first-order chi connectivity index (χ1) is 6.77. The first-order valence-electron chi connectivity index (χ1n) is 5.01. The van der Waals surface area contributed by atoms with Gasteiger partial charge in [0, 0.05) is 12.1 Å². The number of hydrogen-bond donors (Lipinski definition) is 2. The van der Waals surface area contributed by atoms with Gasteiger partial charge in [-0.15, -0.1) is 0 Å². The normalized spacial score (nSPS) is 11.5. The molecular formula is C10H20N2O3. The number of amides is 1. The number of hydrogen-bond acceptors (Lipinski definition) is 3. The summed E-state index contributed by atoms with van der Waals surface area (Å²) in [7, 11) is 0. The summed E-state index contributed by atoms with van der Waals surface area (Å²) >= 11 is 0. The first kappa shape index (κ1) is 13.9. The zero-order valence-electron chi connectivity index (χ0n) is 9.83. The van der Waals surface area contributed by atoms with Crippen LogP contribution in [0.1, 0.15) is 27.7 Å². The van der Waals surface area contributed by atoms with E-state index in [1.54, 1.807) is 4.90 Å². The van der Waals surface area contributed by atoms with E-state index in [1.165, 1.54) is 0 Å². The quantitative estimate of drug-likeness (QED) is 0.694. The number of carboxylic acid groups (broad SMARTS) is 1. The Morgan fingerprint density at radius 1 is 1.27 bits per heavy atom. The SMILES string of the molecule is CCNC(=O)CN(CC(=O)O)C(C)(C)C. The maximum Gasteiger partial charge on any atom is 0.317 e. The molecule has 0 aromatic carbocycles. The van der Waals surface area contributed by atoms with Crippen molar-refractivity contribution in [3.8, 4) is 0 Å². The minimum atomic E-state index is -0.922. The summed E-state index contributed by atoms with van der Waals surface area (Å²) in [6.07, 6.45) is 0. The van der Waals surface area contributed by atoms with Crippen LogP contribution in [-0.2, 0) is 9.59 Å². The fourth-order valence-corrected chi connectivity index (χ4v) is 1.12. The summed E-state index contributed by atoms with van der Waals surface area (Å²) in [5.74, 6) is -1.07. The largest absolute Gasteiger partial charge is 0.480 e. The smallest absolute Gasteiger partial charge is 0.317 e. The molecule has 0 saturated heterocycles. The first-order valence-corrected chi connectivity index (χ1v) is 5.01. The molecule has 5 nitrogen and oxygen atoms in total. The van der Waals surface area contributed by atoms with E-state index in [9.17, 15) is 9.59 Å². The Morgan fingerprint density at radius 2 is 1.80 bits per heavy atom. The predicted molar refractivity (Wildman–Crippen MR) is 57.6 cm³/mol. The molecule has 0 spiro atoms. The van der Waals surface area contributed by atoms with Crippen LogP contribution in [0.15, 0.2) is 0 Å². The molecule has 0 heterocycles. The summed E-state index contributed by atoms with van der Waals surface area (Å²) in [4.78, 5) is 23.6. The molecule has 88 valence electrons. The molecule has 0 aliphatic heterocycles. The second-order valence-electron chi connectivity index (χ2n) is 4.37. The van der Waals surface area contributed by atoms with Crippen LogP contribution in [0.5, 0.6) is 0 Å². The Bertz CT molecular complexity index is 233. The molecule has 0 aliphatic rings. The minimum Gasteiger partial charge on any atom is -0.480 e. The molecule has 1 amide bonds. The zero-order chi connectivity index (χ0) is 12.1. The Balaban J connectivity index is 4.38. The van der Waals surface area contributed by atoms with Crippen molar-refractivity contribution in [1.82, 2.24) is 10.2 Å². The average molecular weight is 216 g/mol. The van der Waals surface area contributed by atoms with Crippen LogP contribution < -0.4 is 5.32 Å². The standard InChI is InChI=1S/C10H20N2O3/c1-5-11-8(13)6-12(7-9(14)15)10(2,3)4/h5-7H2,1-4H3,(H,11,13)(H,14,15). The van der Waals surface area contributed by atoms with Crippen LogP contribution in [0.3, 0.4) is 0 Å². The summed E-state index contributed by atoms with van der Waals surface area (Å²) < 4.78 is 0. The molecule has 2 N–H and O–H groups in total. The number of rotatable bonds is 5. The van der Waals surface area contributed by atoms with E-state index in [0.717, 1.165) is 0 Å². The number of nitrogens with zero attached hydrogens (tertiary/aromatic N) is 1. The molecule has 0 atom stereocenters. The van der Waals surface area contributed by atoms with Gasteiger partial charge in [0.1, 0.15) is 0 Å². The molecule has 5 heteroatoms. The van der Waals surface area contributed by atoms with Gasteiger partial charge >= 0.3 is 5.97 Å². The molecule has 0 saturated carbocycles. The van der Waals surface area contributed by atoms with Gasteiger partial charge < -0.3 is 10.4 Å². The van der Waals surface area contributed by atoms with E-state index in [1.807, 2.05) is 27.7 Å². The molecule has 0 aromatic rings. The van der Waals surface area contributed by atoms with Crippen LogP contribution in [0.25, 0.3) is 0 Å². The van der Waals surface area contributed by atoms with E-state index in [2.05, 4.69) is 5.32 Å². The van der Waals surface area contributed by atoms with Gasteiger partial charge in [0.05, 0.1) is 13.1 Å². The van der Waals surface area contributed by atoms with Gasteiger partial charge in [-0.3, -0.25) is 14.5 Å². The maximum absolute atomic E-state index is 11.3. The Morgan fingerprint density at radius 3 is 2.13 bits per heavy atom. The third-order valence-corrected chi connectivity index (χ3v) is 1.98. The number of carbonyl (C=O) groups is 2. The highest BCUT2D eigenvalue weighted by atomic mass is 16.4. The lowest BCUT2D eigenvalue weighted by Crippen LogP contribution is -2.49. The van der Waals surface area contributed by atoms with Gasteiger partial charge in [0.2, 0.25) is 5.91 Å². The molecule has 0 bridgehead atoms. The lowest BCUT2D eigenvalue weighted by Gasteiger charge is -2.33. The van der Waals surface area contributed by atoms with Crippen LogP contribution in [0.2, 0.25) is 0 Å². The van der Waals surface area contributed by atoms with E-state index in [0.29, 0.717) is 6.54 Å². The van der Waals surface area contributed by atoms with Crippen LogP contribution >= 0.6 is 0 Å². The average Bonchev–Trinajstić information content (AvgIpc) is 2.00. The van der Waals surface area contributed by atoms with Gasteiger partial charge in [-0.1, -0.05) is 0 Å². The van der Waals surface area contributed by atoms with Gasteiger partial charge in [0.25, 0.3) is 0 Å². The second-order valence-corrected chi connectivity index (χ2v) is 4.37. The molecule has 15 heavy (non-hydrogen) atoms. The predicted octanol–water partition coefficient (Wildman–Crippen LogP) is 0.308. The van der Waals surface area contributed by atoms with Gasteiger partial charge in [-0.2, -0.15) is 0 Å². The van der Waals surface area contributed by atoms with Crippen molar-refractivity contribution in [3.05, 3.63) is 0 Å². The lowest BCUT2D eigenvalue weighted by molar-refractivity contribution is -0.140. The van der Waals surface area contributed by atoms with Gasteiger partial charge in [0.15, 0.2) is 0 Å². The number of carbonyl (C=O) groups excluding carboxylic acids is 1. The van der Waals surface area contributed by atoms with E-state index in [-0.39, 0.29) is 24.5 Å². The monoisotopic (exact) mass is 216 g/mol. The van der Waals surface area contributed by atoms with Crippen molar-refractivity contribution in [2.45, 2.75) is 33.2 Å². The third-order valence-electron chi connectivity index (χ3n) is 1.98. The summed E-state index contributed by atoms with van der Waals surface area (Å²) in [6.45, 7) is 8.03. The number of aliphatic carboxylic acids is 1. The number of likely N-dealkylation sites (N-methyl/N-ethyl adjacent to an activating group) is 1. The van der Waals surface area contributed by atoms with E-state index >= 15 is 0 Å². The third kappa shape index (κ3) is 6.06. The van der Waals surface area contributed by atoms with Crippen molar-refractivity contribution in [2.75, 3.05) is 19.6 Å². The number of carboxylic acids is 1. The molecule has 0 unspecified atom stereocenters. The van der Waals surface area contributed by atoms with Crippen molar-refractivity contribution >= 4 is 11.9 Å². The van der Waals surface area contributed by atoms with Crippen molar-refractivity contribution in [2.24, 2.45) is 0 Å². The fourth-order valence-electron chi connectivity index (χ4n) is 1.12. The molecule has 0 aliphatic carbocycles. The summed E-state index contributed by atoms with van der Waals surface area (Å²) in [6, 6.07) is 0. The fraction of sp³-hybridized carbons (Fsp3) is 0.800. The van der Waals surface area contributed by atoms with Crippen LogP contribution in [-0.4, -0.2) is 47.1 Å². The summed E-state index contributed by atoms with van der Waals surface area (Å²) in [5.41, 5.74) is -0.330. The highest BCUT2D eigenvalue weighted by molar-refractivity contribution is 5.79. The van der Waals surface area contributed by atoms with Gasteiger partial charge in [-0.25, -0.2) is 0 Å². The highest BCUT2D eigenvalue weighted by Crippen LogP contribution is 2.11. The highest BCUT2D eigenvalue weighted by Gasteiger charge is 2.25.